The van der Waals surface area contributed by atoms with Gasteiger partial charge in [0.15, 0.2) is 0 Å². The van der Waals surface area contributed by atoms with Gasteiger partial charge in [-0.25, -0.2) is 14.5 Å². The van der Waals surface area contributed by atoms with Crippen LogP contribution in [0.25, 0.3) is 0 Å². The Morgan fingerprint density at radius 2 is 1.87 bits per heavy atom. The first-order chi connectivity index (χ1) is 14.5. The van der Waals surface area contributed by atoms with Gasteiger partial charge in [0.05, 0.1) is 0 Å². The molecule has 158 valence electrons. The number of hydrogen-bond donors (Lipinski definition) is 0. The van der Waals surface area contributed by atoms with Crippen LogP contribution in [0.5, 0.6) is 0 Å². The van der Waals surface area contributed by atoms with Crippen LogP contribution in [0.2, 0.25) is 0 Å². The van der Waals surface area contributed by atoms with E-state index in [1.165, 1.54) is 40.8 Å². The molecule has 30 heavy (non-hydrogen) atoms. The molecule has 2 fully saturated rings. The molecular weight excluding hydrogens is 398 g/mol. The Morgan fingerprint density at radius 3 is 2.63 bits per heavy atom. The molecule has 1 aromatic carbocycles. The number of carbonyl (C=O) groups is 2. The Balaban J connectivity index is 1.34. The van der Waals surface area contributed by atoms with Gasteiger partial charge >= 0.3 is 17.8 Å². The van der Waals surface area contributed by atoms with Crippen LogP contribution in [0.1, 0.15) is 65.5 Å². The molecule has 2 atom stereocenters. The lowest BCUT2D eigenvalue weighted by atomic mass is 9.84. The summed E-state index contributed by atoms with van der Waals surface area (Å²) in [6.07, 6.45) is 6.02. The highest BCUT2D eigenvalue weighted by atomic mass is 32.1. The molecule has 5 rings (SSSR count). The Bertz CT molecular complexity index is 934. The smallest absolute Gasteiger partial charge is 0.400 e. The second kappa shape index (κ2) is 7.82. The third-order valence-corrected chi connectivity index (χ3v) is 7.87. The van der Waals surface area contributed by atoms with E-state index < -0.39 is 17.8 Å². The minimum absolute atomic E-state index is 0.193. The topological polar surface area (TPSA) is 55.8 Å². The van der Waals surface area contributed by atoms with Crippen LogP contribution in [-0.2, 0) is 25.5 Å². The van der Waals surface area contributed by atoms with Crippen LogP contribution < -0.4 is 0 Å². The Kier molecular flexibility index (Phi) is 5.15. The summed E-state index contributed by atoms with van der Waals surface area (Å²) < 4.78 is 11.2. The van der Waals surface area contributed by atoms with E-state index in [0.29, 0.717) is 12.3 Å². The maximum absolute atomic E-state index is 12.0. The fourth-order valence-electron chi connectivity index (χ4n) is 5.23. The van der Waals surface area contributed by atoms with Gasteiger partial charge in [0.1, 0.15) is 0 Å². The lowest BCUT2D eigenvalue weighted by Crippen LogP contribution is -2.55. The van der Waals surface area contributed by atoms with Crippen LogP contribution >= 0.6 is 11.3 Å². The summed E-state index contributed by atoms with van der Waals surface area (Å²) in [4.78, 5) is 27.6. The number of hydrogen-bond acceptors (Lipinski definition) is 6. The predicted molar refractivity (Wildman–Crippen MR) is 114 cm³/mol. The van der Waals surface area contributed by atoms with Crippen molar-refractivity contribution >= 4 is 23.3 Å². The molecule has 0 radical (unpaired) electrons. The van der Waals surface area contributed by atoms with Gasteiger partial charge in [0, 0.05) is 24.4 Å². The standard InChI is InChI=1S/C24H27NO4S/c1-16-5-7-17(8-6-16)19-10-13-25(24(15-19)28-22(26)23(27)29-24)12-9-18-3-2-4-21-20(18)11-14-30-21/h5-8,11,14,18-19H,2-4,9-10,12-13,15H2,1H3. The molecule has 1 spiro atoms. The molecule has 0 saturated carbocycles. The number of thiophene rings is 1. The Labute approximate surface area is 181 Å². The van der Waals surface area contributed by atoms with E-state index in [-0.39, 0.29) is 5.92 Å². The number of benzene rings is 1. The third kappa shape index (κ3) is 3.56. The molecule has 1 aromatic heterocycles. The molecule has 0 bridgehead atoms. The van der Waals surface area contributed by atoms with E-state index in [9.17, 15) is 9.59 Å². The van der Waals surface area contributed by atoms with E-state index in [2.05, 4.69) is 47.5 Å². The second-order valence-electron chi connectivity index (χ2n) is 8.76. The molecule has 5 nitrogen and oxygen atoms in total. The van der Waals surface area contributed by atoms with Crippen LogP contribution in [0.3, 0.4) is 0 Å². The quantitative estimate of drug-likeness (QED) is 0.533. The number of carbonyl (C=O) groups excluding carboxylic acids is 2. The highest BCUT2D eigenvalue weighted by molar-refractivity contribution is 7.10. The molecule has 3 aliphatic rings. The van der Waals surface area contributed by atoms with Crippen molar-refractivity contribution < 1.29 is 19.1 Å². The fourth-order valence-corrected chi connectivity index (χ4v) is 6.24. The monoisotopic (exact) mass is 425 g/mol. The van der Waals surface area contributed by atoms with Gasteiger partial charge in [-0.3, -0.25) is 0 Å². The van der Waals surface area contributed by atoms with E-state index in [0.717, 1.165) is 25.9 Å². The van der Waals surface area contributed by atoms with E-state index in [1.807, 2.05) is 11.3 Å². The summed E-state index contributed by atoms with van der Waals surface area (Å²) in [5.41, 5.74) is 3.90. The number of fused-ring (bicyclic) bond motifs is 1. The van der Waals surface area contributed by atoms with Crippen molar-refractivity contribution in [2.45, 2.75) is 63.2 Å². The predicted octanol–water partition coefficient (Wildman–Crippen LogP) is 4.50. The molecular formula is C24H27NO4S. The van der Waals surface area contributed by atoms with Crippen LogP contribution in [0.15, 0.2) is 35.7 Å². The largest absolute Gasteiger partial charge is 0.421 e. The first-order valence-electron chi connectivity index (χ1n) is 10.9. The summed E-state index contributed by atoms with van der Waals surface area (Å²) in [6, 6.07) is 10.7. The SMILES string of the molecule is Cc1ccc(C2CCN(CCC3CCCc4sccc43)C3(C2)OC(=O)C(=O)O3)cc1. The van der Waals surface area contributed by atoms with Crippen molar-refractivity contribution in [2.24, 2.45) is 0 Å². The van der Waals surface area contributed by atoms with Crippen LogP contribution in [0.4, 0.5) is 0 Å². The number of esters is 2. The molecule has 0 amide bonds. The summed E-state index contributed by atoms with van der Waals surface area (Å²) in [7, 11) is 0. The Hall–Kier alpha value is -2.18. The Morgan fingerprint density at radius 1 is 1.10 bits per heavy atom. The first-order valence-corrected chi connectivity index (χ1v) is 11.8. The van der Waals surface area contributed by atoms with Crippen molar-refractivity contribution in [1.29, 1.82) is 0 Å². The number of piperidine rings is 1. The summed E-state index contributed by atoms with van der Waals surface area (Å²) in [5.74, 6) is -2.28. The molecule has 2 unspecified atom stereocenters. The van der Waals surface area contributed by atoms with Crippen LogP contribution in [0, 0.1) is 6.92 Å². The molecule has 2 saturated heterocycles. The summed E-state index contributed by atoms with van der Waals surface area (Å²) in [5, 5.41) is 2.19. The van der Waals surface area contributed by atoms with Crippen molar-refractivity contribution in [1.82, 2.24) is 4.90 Å². The zero-order chi connectivity index (χ0) is 20.7. The van der Waals surface area contributed by atoms with E-state index in [1.54, 1.807) is 0 Å². The highest BCUT2D eigenvalue weighted by Gasteiger charge is 2.56. The average Bonchev–Trinajstić information content (AvgIpc) is 3.33. The maximum atomic E-state index is 12.0. The highest BCUT2D eigenvalue weighted by Crippen LogP contribution is 2.43. The van der Waals surface area contributed by atoms with Gasteiger partial charge in [-0.15, -0.1) is 11.3 Å². The van der Waals surface area contributed by atoms with Gasteiger partial charge in [0.2, 0.25) is 0 Å². The van der Waals surface area contributed by atoms with Crippen molar-refractivity contribution in [2.75, 3.05) is 13.1 Å². The van der Waals surface area contributed by atoms with Gasteiger partial charge in [0.25, 0.3) is 0 Å². The zero-order valence-corrected chi connectivity index (χ0v) is 18.1. The normalized spacial score (nSPS) is 25.8. The lowest BCUT2D eigenvalue weighted by Gasteiger charge is -2.44. The minimum Gasteiger partial charge on any atom is -0.400 e. The third-order valence-electron chi connectivity index (χ3n) is 6.88. The lowest BCUT2D eigenvalue weighted by molar-refractivity contribution is -0.266. The second-order valence-corrected chi connectivity index (χ2v) is 9.76. The first kappa shape index (κ1) is 19.8. The fraction of sp³-hybridized carbons (Fsp3) is 0.500. The van der Waals surface area contributed by atoms with Gasteiger partial charge < -0.3 is 9.47 Å². The number of rotatable bonds is 4. The molecule has 2 aromatic rings. The van der Waals surface area contributed by atoms with Crippen molar-refractivity contribution in [3.63, 3.8) is 0 Å². The molecule has 1 aliphatic carbocycles. The number of aryl methyl sites for hydroxylation is 2. The number of nitrogens with zero attached hydrogens (tertiary/aromatic N) is 1. The van der Waals surface area contributed by atoms with E-state index in [4.69, 9.17) is 9.47 Å². The van der Waals surface area contributed by atoms with E-state index >= 15 is 0 Å². The number of ether oxygens (including phenoxy) is 2. The van der Waals surface area contributed by atoms with Crippen LogP contribution in [-0.4, -0.2) is 35.8 Å². The van der Waals surface area contributed by atoms with Gasteiger partial charge in [-0.05, 0) is 73.4 Å². The zero-order valence-electron chi connectivity index (χ0n) is 17.3. The molecule has 2 aliphatic heterocycles. The number of likely N-dealkylation sites (tertiary alicyclic amines) is 1. The van der Waals surface area contributed by atoms with Gasteiger partial charge in [-0.2, -0.15) is 0 Å². The van der Waals surface area contributed by atoms with Gasteiger partial charge in [-0.1, -0.05) is 29.8 Å². The van der Waals surface area contributed by atoms with Crippen molar-refractivity contribution in [3.05, 3.63) is 57.3 Å². The minimum atomic E-state index is -1.26. The summed E-state index contributed by atoms with van der Waals surface area (Å²) >= 11 is 1.86. The molecule has 3 heterocycles. The van der Waals surface area contributed by atoms with Crippen molar-refractivity contribution in [3.8, 4) is 0 Å². The summed E-state index contributed by atoms with van der Waals surface area (Å²) in [6.45, 7) is 3.56. The molecule has 0 N–H and O–H groups in total. The average molecular weight is 426 g/mol. The molecule has 6 heteroatoms. The maximum Gasteiger partial charge on any atom is 0.421 e.